The molecule has 1 atom stereocenters. The molecule has 150 valence electrons. The van der Waals surface area contributed by atoms with E-state index in [1.54, 1.807) is 0 Å². The van der Waals surface area contributed by atoms with Crippen molar-refractivity contribution in [2.75, 3.05) is 11.9 Å². The molecule has 1 saturated heterocycles. The van der Waals surface area contributed by atoms with Gasteiger partial charge in [-0.1, -0.05) is 35.0 Å². The highest BCUT2D eigenvalue weighted by molar-refractivity contribution is 5.89. The number of piperidine rings is 1. The summed E-state index contributed by atoms with van der Waals surface area (Å²) in [6.45, 7) is 6.80. The minimum atomic E-state index is -0.207. The van der Waals surface area contributed by atoms with Crippen LogP contribution in [0.1, 0.15) is 47.9 Å². The molecule has 0 aliphatic carbocycles. The molecule has 0 radical (unpaired) electrons. The molecule has 2 aromatic carbocycles. The van der Waals surface area contributed by atoms with Crippen LogP contribution in [0.4, 0.5) is 10.5 Å². The zero-order valence-corrected chi connectivity index (χ0v) is 17.1. The lowest BCUT2D eigenvalue weighted by Gasteiger charge is -2.33. The van der Waals surface area contributed by atoms with Crippen LogP contribution in [0, 0.1) is 20.8 Å². The molecule has 0 spiro atoms. The smallest absolute Gasteiger partial charge is 0.322 e. The zero-order valence-electron chi connectivity index (χ0n) is 17.1. The molecular weight excluding hydrogens is 364 g/mol. The maximum absolute atomic E-state index is 13.0. The number of nitrogens with zero attached hydrogens (tertiary/aromatic N) is 3. The number of urea groups is 1. The second-order valence-corrected chi connectivity index (χ2v) is 7.76. The van der Waals surface area contributed by atoms with E-state index in [9.17, 15) is 4.79 Å². The first-order valence-corrected chi connectivity index (χ1v) is 10.1. The largest absolute Gasteiger partial charge is 0.337 e. The summed E-state index contributed by atoms with van der Waals surface area (Å²) < 4.78 is 5.58. The normalized spacial score (nSPS) is 16.7. The summed E-state index contributed by atoms with van der Waals surface area (Å²) in [5, 5.41) is 7.18. The van der Waals surface area contributed by atoms with Gasteiger partial charge in [0.05, 0.1) is 0 Å². The highest BCUT2D eigenvalue weighted by Gasteiger charge is 2.32. The first-order chi connectivity index (χ1) is 14.0. The van der Waals surface area contributed by atoms with E-state index in [1.165, 1.54) is 5.56 Å². The lowest BCUT2D eigenvalue weighted by Crippen LogP contribution is -2.41. The number of carbonyl (C=O) groups excluding carboxylic acids is 1. The van der Waals surface area contributed by atoms with E-state index >= 15 is 0 Å². The highest BCUT2D eigenvalue weighted by Crippen LogP contribution is 2.32. The van der Waals surface area contributed by atoms with Crippen LogP contribution in [-0.4, -0.2) is 27.6 Å². The number of aromatic nitrogens is 2. The van der Waals surface area contributed by atoms with E-state index < -0.39 is 0 Å². The second-order valence-electron chi connectivity index (χ2n) is 7.76. The van der Waals surface area contributed by atoms with Crippen molar-refractivity contribution in [2.24, 2.45) is 0 Å². The van der Waals surface area contributed by atoms with Gasteiger partial charge < -0.3 is 14.7 Å². The Morgan fingerprint density at radius 1 is 1.10 bits per heavy atom. The van der Waals surface area contributed by atoms with Gasteiger partial charge in [-0.2, -0.15) is 4.98 Å². The van der Waals surface area contributed by atoms with Gasteiger partial charge in [0.15, 0.2) is 0 Å². The molecule has 2 amide bonds. The first-order valence-electron chi connectivity index (χ1n) is 10.1. The highest BCUT2D eigenvalue weighted by atomic mass is 16.5. The van der Waals surface area contributed by atoms with Crippen LogP contribution in [0.15, 0.2) is 47.0 Å². The molecular formula is C23H26N4O2. The average Bonchev–Trinajstić information content (AvgIpc) is 3.21. The van der Waals surface area contributed by atoms with Crippen molar-refractivity contribution in [1.82, 2.24) is 15.0 Å². The third-order valence-corrected chi connectivity index (χ3v) is 5.52. The first kappa shape index (κ1) is 19.2. The van der Waals surface area contributed by atoms with Crippen molar-refractivity contribution < 1.29 is 9.32 Å². The third-order valence-electron chi connectivity index (χ3n) is 5.52. The molecule has 6 nitrogen and oxygen atoms in total. The van der Waals surface area contributed by atoms with E-state index in [0.717, 1.165) is 41.6 Å². The van der Waals surface area contributed by atoms with Gasteiger partial charge in [-0.15, -0.1) is 0 Å². The maximum atomic E-state index is 13.0. The number of nitrogens with one attached hydrogen (secondary N) is 1. The van der Waals surface area contributed by atoms with Crippen molar-refractivity contribution in [1.29, 1.82) is 0 Å². The Morgan fingerprint density at radius 3 is 2.76 bits per heavy atom. The summed E-state index contributed by atoms with van der Waals surface area (Å²) in [7, 11) is 0. The number of carbonyl (C=O) groups is 1. The maximum Gasteiger partial charge on any atom is 0.322 e. The standard InChI is InChI=1S/C23H26N4O2/c1-15-7-6-8-18(13-15)21-25-22(29-26-21)20-9-4-5-12-27(20)23(28)24-19-11-10-16(2)17(3)14-19/h6-8,10-11,13-14,20H,4-5,9,12H2,1-3H3,(H,24,28)/t20-/m1/s1. The van der Waals surface area contributed by atoms with Crippen LogP contribution >= 0.6 is 0 Å². The van der Waals surface area contributed by atoms with Crippen LogP contribution in [0.5, 0.6) is 0 Å². The van der Waals surface area contributed by atoms with E-state index in [2.05, 4.69) is 22.4 Å². The summed E-state index contributed by atoms with van der Waals surface area (Å²) in [5.41, 5.74) is 5.21. The van der Waals surface area contributed by atoms with Crippen molar-refractivity contribution in [3.63, 3.8) is 0 Å². The molecule has 0 bridgehead atoms. The van der Waals surface area contributed by atoms with Gasteiger partial charge in [-0.3, -0.25) is 0 Å². The quantitative estimate of drug-likeness (QED) is 0.648. The van der Waals surface area contributed by atoms with Gasteiger partial charge in [0.25, 0.3) is 0 Å². The van der Waals surface area contributed by atoms with Gasteiger partial charge in [0, 0.05) is 17.8 Å². The molecule has 2 heterocycles. The van der Waals surface area contributed by atoms with Crippen LogP contribution in [-0.2, 0) is 0 Å². The number of aryl methyl sites for hydroxylation is 3. The molecule has 1 aromatic heterocycles. The SMILES string of the molecule is Cc1cccc(-c2noc([C@H]3CCCCN3C(=O)Nc3ccc(C)c(C)c3)n2)c1. The van der Waals surface area contributed by atoms with E-state index in [4.69, 9.17) is 4.52 Å². The Balaban J connectivity index is 1.54. The lowest BCUT2D eigenvalue weighted by atomic mass is 10.0. The molecule has 6 heteroatoms. The van der Waals surface area contributed by atoms with Crippen LogP contribution in [0.2, 0.25) is 0 Å². The molecule has 1 aliphatic rings. The fourth-order valence-corrected chi connectivity index (χ4v) is 3.72. The lowest BCUT2D eigenvalue weighted by molar-refractivity contribution is 0.142. The van der Waals surface area contributed by atoms with Crippen molar-refractivity contribution in [3.8, 4) is 11.4 Å². The number of rotatable bonds is 3. The Bertz CT molecular complexity index is 1030. The molecule has 4 rings (SSSR count). The third kappa shape index (κ3) is 4.16. The Labute approximate surface area is 170 Å². The fraction of sp³-hybridized carbons (Fsp3) is 0.348. The van der Waals surface area contributed by atoms with Crippen LogP contribution in [0.3, 0.4) is 0 Å². The molecule has 1 N–H and O–H groups in total. The number of anilines is 1. The summed E-state index contributed by atoms with van der Waals surface area (Å²) in [5.74, 6) is 1.06. The van der Waals surface area contributed by atoms with Gasteiger partial charge >= 0.3 is 6.03 Å². The molecule has 29 heavy (non-hydrogen) atoms. The number of hydrogen-bond acceptors (Lipinski definition) is 4. The predicted molar refractivity (Wildman–Crippen MR) is 113 cm³/mol. The molecule has 3 aromatic rings. The molecule has 1 aliphatic heterocycles. The predicted octanol–water partition coefficient (Wildman–Crippen LogP) is 5.42. The number of amides is 2. The van der Waals surface area contributed by atoms with Crippen LogP contribution in [0.25, 0.3) is 11.4 Å². The minimum Gasteiger partial charge on any atom is -0.337 e. The Hall–Kier alpha value is -3.15. The monoisotopic (exact) mass is 390 g/mol. The van der Waals surface area contributed by atoms with Crippen molar-refractivity contribution in [3.05, 3.63) is 65.0 Å². The second kappa shape index (κ2) is 8.07. The topological polar surface area (TPSA) is 71.3 Å². The Morgan fingerprint density at radius 2 is 1.97 bits per heavy atom. The van der Waals surface area contributed by atoms with Crippen molar-refractivity contribution in [2.45, 2.75) is 46.1 Å². The molecule has 1 fully saturated rings. The number of hydrogen-bond donors (Lipinski definition) is 1. The zero-order chi connectivity index (χ0) is 20.4. The number of likely N-dealkylation sites (tertiary alicyclic amines) is 1. The summed E-state index contributed by atoms with van der Waals surface area (Å²) in [6, 6.07) is 13.6. The van der Waals surface area contributed by atoms with Gasteiger partial charge in [-0.25, -0.2) is 4.79 Å². The Kier molecular flexibility index (Phi) is 5.34. The summed E-state index contributed by atoms with van der Waals surface area (Å²) in [6.07, 6.45) is 2.81. The van der Waals surface area contributed by atoms with Gasteiger partial charge in [-0.05, 0) is 69.4 Å². The van der Waals surface area contributed by atoms with Crippen LogP contribution < -0.4 is 5.32 Å². The number of benzene rings is 2. The summed E-state index contributed by atoms with van der Waals surface area (Å²) >= 11 is 0. The van der Waals surface area contributed by atoms with E-state index in [-0.39, 0.29) is 12.1 Å². The van der Waals surface area contributed by atoms with E-state index in [0.29, 0.717) is 18.3 Å². The van der Waals surface area contributed by atoms with Gasteiger partial charge in [0.1, 0.15) is 6.04 Å². The summed E-state index contributed by atoms with van der Waals surface area (Å²) in [4.78, 5) is 19.4. The van der Waals surface area contributed by atoms with Crippen molar-refractivity contribution >= 4 is 11.7 Å². The minimum absolute atomic E-state index is 0.131. The van der Waals surface area contributed by atoms with Gasteiger partial charge in [0.2, 0.25) is 11.7 Å². The molecule has 0 unspecified atom stereocenters. The van der Waals surface area contributed by atoms with E-state index in [1.807, 2.05) is 61.2 Å². The molecule has 0 saturated carbocycles. The average molecular weight is 390 g/mol. The fourth-order valence-electron chi connectivity index (χ4n) is 3.72.